The lowest BCUT2D eigenvalue weighted by atomic mass is 10.4. The van der Waals surface area contributed by atoms with E-state index in [1.807, 2.05) is 0 Å². The smallest absolute Gasteiger partial charge is 0.0713 e. The van der Waals surface area contributed by atoms with Crippen molar-refractivity contribution in [2.24, 2.45) is 0 Å². The van der Waals surface area contributed by atoms with Crippen molar-refractivity contribution in [1.29, 1.82) is 0 Å². The van der Waals surface area contributed by atoms with Crippen LogP contribution in [0.25, 0.3) is 0 Å². The topological polar surface area (TPSA) is 0 Å². The number of unbranched alkanes of at least 4 members (excludes halogenated alkanes) is 1. The van der Waals surface area contributed by atoms with Gasteiger partial charge in [0.15, 0.2) is 0 Å². The lowest BCUT2D eigenvalue weighted by Gasteiger charge is -1.68. The quantitative estimate of drug-likeness (QED) is 0.513. The lowest BCUT2D eigenvalue weighted by molar-refractivity contribution is 0.886. The third-order valence-corrected chi connectivity index (χ3v) is 0.500. The maximum absolute atomic E-state index is 4.79. The van der Waals surface area contributed by atoms with Crippen molar-refractivity contribution in [3.8, 4) is 0 Å². The summed E-state index contributed by atoms with van der Waals surface area (Å²) in [6.07, 6.45) is 2.64. The summed E-state index contributed by atoms with van der Waals surface area (Å²) in [7, 11) is 0.0278. The molecule has 0 amide bonds. The van der Waals surface area contributed by atoms with Crippen molar-refractivity contribution >= 4 is 29.8 Å². The van der Waals surface area contributed by atoms with Crippen LogP contribution >= 0.6 is 29.8 Å². The monoisotopic (exact) mass is 160 g/mol. The number of halogens is 2. The minimum atomic E-state index is 0.0278. The molecule has 0 aliphatic rings. The van der Waals surface area contributed by atoms with Gasteiger partial charge < -0.3 is 0 Å². The van der Waals surface area contributed by atoms with E-state index in [1.165, 1.54) is 12.8 Å². The third-order valence-electron chi connectivity index (χ3n) is 0.500. The van der Waals surface area contributed by atoms with Crippen LogP contribution in [0.4, 0.5) is 0 Å². The molecule has 46 valence electrons. The minimum Gasteiger partial charge on any atom is -0.0818 e. The highest BCUT2D eigenvalue weighted by atomic mass is 35.9. The van der Waals surface area contributed by atoms with Gasteiger partial charge in [-0.05, 0) is 0 Å². The Hall–Kier alpha value is 1.01. The van der Waals surface area contributed by atoms with E-state index in [-0.39, 0.29) is 7.29 Å². The molecule has 0 N–H and O–H groups in total. The summed E-state index contributed by atoms with van der Waals surface area (Å²) in [5.41, 5.74) is 0. The maximum atomic E-state index is 4.79. The molecule has 0 rings (SSSR count). The van der Waals surface area contributed by atoms with Gasteiger partial charge in [0.1, 0.15) is 0 Å². The zero-order chi connectivity index (χ0) is 6.12. The average Bonchev–Trinajstić information content (AvgIpc) is 1.69. The highest BCUT2D eigenvalue weighted by molar-refractivity contribution is 7.90. The van der Waals surface area contributed by atoms with E-state index in [0.29, 0.717) is 0 Å². The Balaban J connectivity index is 0. The van der Waals surface area contributed by atoms with Gasteiger partial charge in [-0.3, -0.25) is 0 Å². The Morgan fingerprint density at radius 2 is 1.29 bits per heavy atom. The van der Waals surface area contributed by atoms with Gasteiger partial charge in [0, 0.05) is 0 Å². The van der Waals surface area contributed by atoms with Crippen molar-refractivity contribution in [1.82, 2.24) is 0 Å². The second-order valence-electron chi connectivity index (χ2n) is 1.07. The second kappa shape index (κ2) is 15.7. The molecule has 0 aliphatic heterocycles. The predicted octanol–water partition coefficient (Wildman–Crippen LogP) is 3.78. The Morgan fingerprint density at radius 1 is 1.14 bits per heavy atom. The van der Waals surface area contributed by atoms with E-state index in [1.54, 1.807) is 0 Å². The van der Waals surface area contributed by atoms with Crippen molar-refractivity contribution in [3.63, 3.8) is 0 Å². The van der Waals surface area contributed by atoms with Gasteiger partial charge in [-0.25, -0.2) is 0 Å². The highest BCUT2D eigenvalue weighted by Crippen LogP contribution is 2.19. The van der Waals surface area contributed by atoms with Crippen LogP contribution in [0.3, 0.4) is 0 Å². The molecule has 3 heteroatoms. The number of rotatable bonds is 1. The number of hydrogen-bond acceptors (Lipinski definition) is 0. The predicted molar refractivity (Wildman–Crippen MR) is 40.6 cm³/mol. The molecule has 0 heterocycles. The summed E-state index contributed by atoms with van der Waals surface area (Å²) >= 11 is 9.58. The summed E-state index contributed by atoms with van der Waals surface area (Å²) in [6.45, 7) is 4.36. The van der Waals surface area contributed by atoms with E-state index >= 15 is 0 Å². The molecule has 0 fully saturated rings. The fourth-order valence-corrected chi connectivity index (χ4v) is 0. The van der Waals surface area contributed by atoms with E-state index in [4.69, 9.17) is 22.5 Å². The van der Waals surface area contributed by atoms with E-state index < -0.39 is 0 Å². The van der Waals surface area contributed by atoms with Crippen LogP contribution in [0.2, 0.25) is 0 Å². The van der Waals surface area contributed by atoms with Crippen LogP contribution in [0.1, 0.15) is 26.7 Å². The fraction of sp³-hybridized carbons (Fsp3) is 1.00. The molecule has 0 saturated carbocycles. The molecule has 0 radical (unpaired) electrons. The largest absolute Gasteiger partial charge is 0.0818 e. The molecule has 7 heavy (non-hydrogen) atoms. The van der Waals surface area contributed by atoms with Gasteiger partial charge in [0.2, 0.25) is 0 Å². The second-order valence-corrected chi connectivity index (χ2v) is 2.93. The summed E-state index contributed by atoms with van der Waals surface area (Å²) < 4.78 is 0. The zero-order valence-corrected chi connectivity index (χ0v) is 7.18. The first kappa shape index (κ1) is 10.9. The summed E-state index contributed by atoms with van der Waals surface area (Å²) in [4.78, 5) is 0. The molecule has 0 unspecified atom stereocenters. The van der Waals surface area contributed by atoms with Crippen LogP contribution in [0, 0.1) is 0 Å². The van der Waals surface area contributed by atoms with Crippen LogP contribution in [-0.2, 0) is 0 Å². The van der Waals surface area contributed by atoms with Crippen molar-refractivity contribution in [3.05, 3.63) is 0 Å². The molecule has 0 saturated heterocycles. The van der Waals surface area contributed by atoms with E-state index in [2.05, 4.69) is 13.8 Å². The molecular formula is C4H11Cl2P. The molecule has 0 nitrogen and oxygen atoms in total. The van der Waals surface area contributed by atoms with Crippen LogP contribution in [0.5, 0.6) is 0 Å². The molecule has 0 aromatic heterocycles. The molecule has 0 aromatic carbocycles. The molecule has 0 spiro atoms. The first-order valence-electron chi connectivity index (χ1n) is 2.29. The minimum absolute atomic E-state index is 0.0278. The normalized spacial score (nSPS) is 6.86. The fourth-order valence-electron chi connectivity index (χ4n) is 0. The highest BCUT2D eigenvalue weighted by Gasteiger charge is 1.56. The Kier molecular flexibility index (Phi) is 24.5. The molecule has 0 aliphatic carbocycles. The summed E-state index contributed by atoms with van der Waals surface area (Å²) in [5, 5.41) is 0. The van der Waals surface area contributed by atoms with E-state index in [9.17, 15) is 0 Å². The lowest BCUT2D eigenvalue weighted by Crippen LogP contribution is -1.47. The Morgan fingerprint density at radius 3 is 1.29 bits per heavy atom. The van der Waals surface area contributed by atoms with Crippen LogP contribution < -0.4 is 0 Å². The first-order chi connectivity index (χ1) is 3.33. The van der Waals surface area contributed by atoms with Gasteiger partial charge in [0.25, 0.3) is 0 Å². The average molecular weight is 161 g/mol. The maximum Gasteiger partial charge on any atom is 0.0713 e. The molecular weight excluding hydrogens is 150 g/mol. The van der Waals surface area contributed by atoms with Gasteiger partial charge in [0.05, 0.1) is 7.29 Å². The Bertz CT molecular complexity index is 17.2. The van der Waals surface area contributed by atoms with Gasteiger partial charge in [-0.1, -0.05) is 49.2 Å². The van der Waals surface area contributed by atoms with E-state index in [0.717, 1.165) is 0 Å². The summed E-state index contributed by atoms with van der Waals surface area (Å²) in [5.74, 6) is 0. The molecule has 0 atom stereocenters. The van der Waals surface area contributed by atoms with Crippen LogP contribution in [0.15, 0.2) is 0 Å². The Labute approximate surface area is 56.9 Å². The van der Waals surface area contributed by atoms with Crippen LogP contribution in [-0.4, -0.2) is 0 Å². The zero-order valence-electron chi connectivity index (χ0n) is 4.67. The molecule has 0 bridgehead atoms. The van der Waals surface area contributed by atoms with Gasteiger partial charge in [-0.15, -0.1) is 0 Å². The number of hydrogen-bond donors (Lipinski definition) is 0. The van der Waals surface area contributed by atoms with Gasteiger partial charge in [-0.2, -0.15) is 0 Å². The standard InChI is InChI=1S/C4H10.Cl2HP/c1-3-4-2;1-3-2/h3-4H2,1-2H3;3H. The molecule has 0 aromatic rings. The summed E-state index contributed by atoms with van der Waals surface area (Å²) in [6, 6.07) is 0. The van der Waals surface area contributed by atoms with Gasteiger partial charge >= 0.3 is 0 Å². The van der Waals surface area contributed by atoms with Crippen molar-refractivity contribution in [2.45, 2.75) is 26.7 Å². The van der Waals surface area contributed by atoms with Crippen molar-refractivity contribution in [2.75, 3.05) is 0 Å². The third kappa shape index (κ3) is 43.6. The van der Waals surface area contributed by atoms with Crippen molar-refractivity contribution < 1.29 is 0 Å². The first-order valence-corrected chi connectivity index (χ1v) is 5.32. The SMILES string of the molecule is CCCC.ClPCl.